The molecule has 166 valence electrons. The zero-order valence-electron chi connectivity index (χ0n) is 18.3. The summed E-state index contributed by atoms with van der Waals surface area (Å²) in [5.74, 6) is 1.60. The highest BCUT2D eigenvalue weighted by atomic mass is 79.9. The standard InChI is InChI=1S/C25H31BrN2O3/c1-18(2)30-22-8-9-24(26)20(15-22)14-19-10-12-27(13-11-19)16-23-17-28(25(29)31-23)21-6-4-3-5-7-21/h3-9,15,18-19,23H,10-14,16-17H2,1-2H3. The van der Waals surface area contributed by atoms with E-state index in [9.17, 15) is 4.79 Å². The van der Waals surface area contributed by atoms with Crippen LogP contribution in [0.25, 0.3) is 0 Å². The molecule has 0 spiro atoms. The van der Waals surface area contributed by atoms with Crippen molar-refractivity contribution >= 4 is 27.7 Å². The molecule has 1 atom stereocenters. The van der Waals surface area contributed by atoms with Gasteiger partial charge >= 0.3 is 6.09 Å². The summed E-state index contributed by atoms with van der Waals surface area (Å²) in [6.07, 6.45) is 3.25. The lowest BCUT2D eigenvalue weighted by molar-refractivity contribution is 0.0914. The minimum Gasteiger partial charge on any atom is -0.491 e. The first-order chi connectivity index (χ1) is 15.0. The van der Waals surface area contributed by atoms with Crippen LogP contribution in [0.15, 0.2) is 53.0 Å². The summed E-state index contributed by atoms with van der Waals surface area (Å²) < 4.78 is 12.7. The van der Waals surface area contributed by atoms with Gasteiger partial charge in [0.25, 0.3) is 0 Å². The van der Waals surface area contributed by atoms with E-state index >= 15 is 0 Å². The summed E-state index contributed by atoms with van der Waals surface area (Å²) in [6, 6.07) is 16.1. The first-order valence-corrected chi connectivity index (χ1v) is 12.0. The van der Waals surface area contributed by atoms with Gasteiger partial charge in [-0.1, -0.05) is 34.1 Å². The summed E-state index contributed by atoms with van der Waals surface area (Å²) in [7, 11) is 0. The zero-order chi connectivity index (χ0) is 21.8. The van der Waals surface area contributed by atoms with Gasteiger partial charge in [0.1, 0.15) is 11.9 Å². The Kier molecular flexibility index (Phi) is 7.18. The molecule has 6 heteroatoms. The lowest BCUT2D eigenvalue weighted by Gasteiger charge is -2.33. The number of likely N-dealkylation sites (tertiary alicyclic amines) is 1. The molecule has 2 aliphatic rings. The summed E-state index contributed by atoms with van der Waals surface area (Å²) in [5.41, 5.74) is 2.22. The van der Waals surface area contributed by atoms with Gasteiger partial charge in [-0.15, -0.1) is 0 Å². The Morgan fingerprint density at radius 2 is 1.87 bits per heavy atom. The number of rotatable bonds is 7. The van der Waals surface area contributed by atoms with Crippen LogP contribution in [0, 0.1) is 5.92 Å². The van der Waals surface area contributed by atoms with Crippen LogP contribution >= 0.6 is 15.9 Å². The number of halogens is 1. The van der Waals surface area contributed by atoms with Gasteiger partial charge in [-0.3, -0.25) is 9.80 Å². The number of carbonyl (C=O) groups excluding carboxylic acids is 1. The molecule has 0 N–H and O–H groups in total. The number of piperidine rings is 1. The molecule has 2 aromatic rings. The minimum atomic E-state index is -0.237. The van der Waals surface area contributed by atoms with E-state index in [0.717, 1.165) is 54.8 Å². The van der Waals surface area contributed by atoms with Crippen molar-refractivity contribution < 1.29 is 14.3 Å². The van der Waals surface area contributed by atoms with E-state index < -0.39 is 0 Å². The maximum absolute atomic E-state index is 12.3. The lowest BCUT2D eigenvalue weighted by Crippen LogP contribution is -2.40. The van der Waals surface area contributed by atoms with Crippen LogP contribution in [0.5, 0.6) is 5.75 Å². The summed E-state index contributed by atoms with van der Waals surface area (Å²) in [5, 5.41) is 0. The Hall–Kier alpha value is -2.05. The van der Waals surface area contributed by atoms with Crippen molar-refractivity contribution in [1.29, 1.82) is 0 Å². The van der Waals surface area contributed by atoms with Gasteiger partial charge in [-0.05, 0) is 88.0 Å². The molecule has 0 saturated carbocycles. The predicted molar refractivity (Wildman–Crippen MR) is 127 cm³/mol. The molecule has 0 radical (unpaired) electrons. The van der Waals surface area contributed by atoms with Crippen LogP contribution in [-0.4, -0.2) is 49.4 Å². The number of ether oxygens (including phenoxy) is 2. The molecular formula is C25H31BrN2O3. The van der Waals surface area contributed by atoms with Crippen LogP contribution in [0.1, 0.15) is 32.3 Å². The average molecular weight is 487 g/mol. The highest BCUT2D eigenvalue weighted by molar-refractivity contribution is 9.10. The van der Waals surface area contributed by atoms with Crippen molar-refractivity contribution in [1.82, 2.24) is 4.90 Å². The highest BCUT2D eigenvalue weighted by Crippen LogP contribution is 2.30. The normalized spacial score (nSPS) is 20.3. The smallest absolute Gasteiger partial charge is 0.414 e. The Bertz CT molecular complexity index is 882. The molecule has 4 rings (SSSR count). The predicted octanol–water partition coefficient (Wildman–Crippen LogP) is 5.52. The van der Waals surface area contributed by atoms with Gasteiger partial charge in [0.05, 0.1) is 12.6 Å². The van der Waals surface area contributed by atoms with Crippen LogP contribution in [0.2, 0.25) is 0 Å². The molecule has 2 fully saturated rings. The molecule has 1 unspecified atom stereocenters. The van der Waals surface area contributed by atoms with E-state index in [4.69, 9.17) is 9.47 Å². The molecule has 2 saturated heterocycles. The van der Waals surface area contributed by atoms with Gasteiger partial charge in [-0.25, -0.2) is 4.79 Å². The second-order valence-corrected chi connectivity index (χ2v) is 9.67. The molecule has 0 aromatic heterocycles. The second kappa shape index (κ2) is 10.0. The summed E-state index contributed by atoms with van der Waals surface area (Å²) in [6.45, 7) is 7.63. The third-order valence-corrected chi connectivity index (χ3v) is 6.78. The number of amides is 1. The second-order valence-electron chi connectivity index (χ2n) is 8.82. The van der Waals surface area contributed by atoms with Gasteiger partial charge in [0.15, 0.2) is 0 Å². The van der Waals surface area contributed by atoms with Gasteiger partial charge in [0, 0.05) is 16.7 Å². The fourth-order valence-corrected chi connectivity index (χ4v) is 4.87. The van der Waals surface area contributed by atoms with E-state index in [-0.39, 0.29) is 18.3 Å². The number of para-hydroxylation sites is 1. The summed E-state index contributed by atoms with van der Waals surface area (Å²) >= 11 is 3.71. The van der Waals surface area contributed by atoms with Crippen molar-refractivity contribution in [2.75, 3.05) is 31.1 Å². The topological polar surface area (TPSA) is 42.0 Å². The first kappa shape index (κ1) is 22.2. The van der Waals surface area contributed by atoms with E-state index in [1.807, 2.05) is 36.4 Å². The van der Waals surface area contributed by atoms with Crippen molar-refractivity contribution in [2.24, 2.45) is 5.92 Å². The monoisotopic (exact) mass is 486 g/mol. The number of anilines is 1. The van der Waals surface area contributed by atoms with E-state index in [1.54, 1.807) is 4.90 Å². The zero-order valence-corrected chi connectivity index (χ0v) is 19.9. The molecule has 2 aromatic carbocycles. The van der Waals surface area contributed by atoms with E-state index in [2.05, 4.69) is 46.8 Å². The number of cyclic esters (lactones) is 1. The fraction of sp³-hybridized carbons (Fsp3) is 0.480. The molecule has 2 aliphatic heterocycles. The lowest BCUT2D eigenvalue weighted by atomic mass is 9.90. The number of hydrogen-bond acceptors (Lipinski definition) is 4. The Morgan fingerprint density at radius 3 is 2.58 bits per heavy atom. The van der Waals surface area contributed by atoms with Crippen LogP contribution in [0.3, 0.4) is 0 Å². The molecule has 5 nitrogen and oxygen atoms in total. The quantitative estimate of drug-likeness (QED) is 0.516. The van der Waals surface area contributed by atoms with Gasteiger partial charge in [0.2, 0.25) is 0 Å². The highest BCUT2D eigenvalue weighted by Gasteiger charge is 2.34. The van der Waals surface area contributed by atoms with Crippen LogP contribution in [0.4, 0.5) is 10.5 Å². The van der Waals surface area contributed by atoms with Gasteiger partial charge < -0.3 is 9.47 Å². The molecule has 2 heterocycles. The number of carbonyl (C=O) groups is 1. The average Bonchev–Trinajstić information content (AvgIpc) is 3.12. The van der Waals surface area contributed by atoms with Crippen molar-refractivity contribution in [3.63, 3.8) is 0 Å². The summed E-state index contributed by atoms with van der Waals surface area (Å²) in [4.78, 5) is 16.5. The molecule has 0 bridgehead atoms. The third-order valence-electron chi connectivity index (χ3n) is 6.01. The van der Waals surface area contributed by atoms with E-state index in [0.29, 0.717) is 12.5 Å². The Balaban J connectivity index is 1.26. The number of nitrogens with zero attached hydrogens (tertiary/aromatic N) is 2. The molecule has 31 heavy (non-hydrogen) atoms. The fourth-order valence-electron chi connectivity index (χ4n) is 4.46. The van der Waals surface area contributed by atoms with E-state index in [1.165, 1.54) is 5.56 Å². The largest absolute Gasteiger partial charge is 0.491 e. The SMILES string of the molecule is CC(C)Oc1ccc(Br)c(CC2CCN(CC3CN(c4ccccc4)C(=O)O3)CC2)c1. The van der Waals surface area contributed by atoms with Crippen molar-refractivity contribution in [3.05, 3.63) is 58.6 Å². The van der Waals surface area contributed by atoms with Crippen molar-refractivity contribution in [2.45, 2.75) is 45.3 Å². The minimum absolute atomic E-state index is 0.0664. The first-order valence-electron chi connectivity index (χ1n) is 11.2. The van der Waals surface area contributed by atoms with Crippen molar-refractivity contribution in [3.8, 4) is 5.75 Å². The maximum atomic E-state index is 12.3. The molecule has 0 aliphatic carbocycles. The Labute approximate surface area is 193 Å². The van der Waals surface area contributed by atoms with Gasteiger partial charge in [-0.2, -0.15) is 0 Å². The Morgan fingerprint density at radius 1 is 1.13 bits per heavy atom. The number of benzene rings is 2. The van der Waals surface area contributed by atoms with Crippen LogP contribution in [-0.2, 0) is 11.2 Å². The maximum Gasteiger partial charge on any atom is 0.414 e. The molecule has 1 amide bonds. The van der Waals surface area contributed by atoms with Crippen LogP contribution < -0.4 is 9.64 Å². The third kappa shape index (κ3) is 5.80. The number of hydrogen-bond donors (Lipinski definition) is 0. The molecular weight excluding hydrogens is 456 g/mol.